The fraction of sp³-hybridized carbons (Fsp3) is 0.533. The van der Waals surface area contributed by atoms with Gasteiger partial charge in [-0.1, -0.05) is 11.6 Å². The lowest BCUT2D eigenvalue weighted by Gasteiger charge is -2.31. The van der Waals surface area contributed by atoms with E-state index < -0.39 is 12.1 Å². The number of aliphatic hydroxyl groups is 1. The summed E-state index contributed by atoms with van der Waals surface area (Å²) in [6, 6.07) is 0. The number of fused-ring (bicyclic) bond motifs is 3. The van der Waals surface area contributed by atoms with E-state index >= 15 is 0 Å². The summed E-state index contributed by atoms with van der Waals surface area (Å²) in [4.78, 5) is 15.9. The number of likely N-dealkylation sites (N-methyl/N-ethyl adjacent to an activating group) is 1. The molecule has 114 valence electrons. The van der Waals surface area contributed by atoms with Crippen molar-refractivity contribution in [2.75, 3.05) is 14.2 Å². The summed E-state index contributed by atoms with van der Waals surface area (Å²) >= 11 is 8.21. The van der Waals surface area contributed by atoms with Crippen LogP contribution in [0.1, 0.15) is 33.7 Å². The molecule has 0 fully saturated rings. The Morgan fingerprint density at radius 1 is 1.38 bits per heavy atom. The standard InChI is InChI=1S/C15H18ClNO3S/c1-17-7-9-8-5-3-4-6-10(8)21-14(9)11(16)12(17)13(18)15(19)20-2/h13,18H,3-7H2,1-2H3. The second-order valence-electron chi connectivity index (χ2n) is 5.50. The van der Waals surface area contributed by atoms with Crippen LogP contribution in [0.3, 0.4) is 0 Å². The van der Waals surface area contributed by atoms with Crippen LogP contribution in [0.15, 0.2) is 5.70 Å². The molecule has 1 aromatic rings. The Labute approximate surface area is 133 Å². The van der Waals surface area contributed by atoms with Crippen molar-refractivity contribution >= 4 is 33.9 Å². The van der Waals surface area contributed by atoms with Crippen LogP contribution in [0.25, 0.3) is 5.03 Å². The molecular formula is C15H18ClNO3S. The molecule has 0 bridgehead atoms. The molecule has 0 saturated heterocycles. The maximum absolute atomic E-state index is 11.6. The van der Waals surface area contributed by atoms with Crippen LogP contribution in [0.4, 0.5) is 0 Å². The first-order valence-electron chi connectivity index (χ1n) is 7.05. The number of carbonyl (C=O) groups is 1. The molecule has 1 atom stereocenters. The van der Waals surface area contributed by atoms with Gasteiger partial charge in [0.05, 0.1) is 22.7 Å². The molecule has 2 aliphatic rings. The second kappa shape index (κ2) is 5.63. The highest BCUT2D eigenvalue weighted by atomic mass is 35.5. The van der Waals surface area contributed by atoms with E-state index in [-0.39, 0.29) is 0 Å². The minimum Gasteiger partial charge on any atom is -0.467 e. The van der Waals surface area contributed by atoms with E-state index in [0.29, 0.717) is 17.3 Å². The minimum atomic E-state index is -1.33. The lowest BCUT2D eigenvalue weighted by Crippen LogP contribution is -2.35. The fourth-order valence-electron chi connectivity index (χ4n) is 3.13. The molecule has 0 saturated carbocycles. The van der Waals surface area contributed by atoms with Crippen LogP contribution >= 0.6 is 22.9 Å². The van der Waals surface area contributed by atoms with Crippen LogP contribution in [-0.2, 0) is 28.9 Å². The number of methoxy groups -OCH3 is 1. The van der Waals surface area contributed by atoms with Gasteiger partial charge in [0, 0.05) is 18.5 Å². The van der Waals surface area contributed by atoms with Crippen molar-refractivity contribution in [3.63, 3.8) is 0 Å². The third kappa shape index (κ3) is 2.37. The average Bonchev–Trinajstić information content (AvgIpc) is 2.85. The van der Waals surface area contributed by atoms with Crippen LogP contribution in [0.5, 0.6) is 0 Å². The Morgan fingerprint density at radius 2 is 2.10 bits per heavy atom. The molecule has 2 heterocycles. The maximum atomic E-state index is 11.6. The highest BCUT2D eigenvalue weighted by Gasteiger charge is 2.34. The molecule has 6 heteroatoms. The number of thiophene rings is 1. The molecule has 0 spiro atoms. The smallest absolute Gasteiger partial charge is 0.340 e. The first-order valence-corrected chi connectivity index (χ1v) is 8.24. The highest BCUT2D eigenvalue weighted by Crippen LogP contribution is 2.44. The summed E-state index contributed by atoms with van der Waals surface area (Å²) in [5.74, 6) is -0.681. The Hall–Kier alpha value is -1.04. The molecule has 1 N–H and O–H groups in total. The van der Waals surface area contributed by atoms with Crippen LogP contribution in [0, 0.1) is 0 Å². The first kappa shape index (κ1) is 14.9. The van der Waals surface area contributed by atoms with E-state index in [0.717, 1.165) is 17.7 Å². The maximum Gasteiger partial charge on any atom is 0.340 e. The molecular weight excluding hydrogens is 310 g/mol. The number of carbonyl (C=O) groups excluding carboxylic acids is 1. The molecule has 1 aliphatic carbocycles. The van der Waals surface area contributed by atoms with Crippen molar-refractivity contribution < 1.29 is 14.6 Å². The quantitative estimate of drug-likeness (QED) is 0.848. The van der Waals surface area contributed by atoms with Gasteiger partial charge in [-0.15, -0.1) is 11.3 Å². The number of rotatable bonds is 2. The van der Waals surface area contributed by atoms with Crippen molar-refractivity contribution in [3.8, 4) is 0 Å². The number of esters is 1. The number of aliphatic hydroxyl groups excluding tert-OH is 1. The number of ether oxygens (including phenoxy) is 1. The summed E-state index contributed by atoms with van der Waals surface area (Å²) in [6.07, 6.45) is 3.32. The van der Waals surface area contributed by atoms with Gasteiger partial charge >= 0.3 is 5.97 Å². The molecule has 0 radical (unpaired) electrons. The number of hydrogen-bond donors (Lipinski definition) is 1. The zero-order chi connectivity index (χ0) is 15.1. The van der Waals surface area contributed by atoms with Crippen molar-refractivity contribution in [2.45, 2.75) is 38.3 Å². The Kier molecular flexibility index (Phi) is 3.99. The molecule has 3 rings (SSSR count). The number of hydrogen-bond acceptors (Lipinski definition) is 5. The van der Waals surface area contributed by atoms with Gasteiger partial charge in [0.2, 0.25) is 0 Å². The van der Waals surface area contributed by atoms with Crippen LogP contribution in [0.2, 0.25) is 0 Å². The summed E-state index contributed by atoms with van der Waals surface area (Å²) in [5, 5.41) is 10.6. The van der Waals surface area contributed by atoms with E-state index in [1.54, 1.807) is 11.3 Å². The predicted octanol–water partition coefficient (Wildman–Crippen LogP) is 2.51. The number of halogens is 1. The van der Waals surface area contributed by atoms with Crippen molar-refractivity contribution in [1.29, 1.82) is 0 Å². The van der Waals surface area contributed by atoms with Gasteiger partial charge in [-0.3, -0.25) is 0 Å². The lowest BCUT2D eigenvalue weighted by atomic mass is 9.93. The van der Waals surface area contributed by atoms with Crippen molar-refractivity contribution in [1.82, 2.24) is 4.90 Å². The summed E-state index contributed by atoms with van der Waals surface area (Å²) < 4.78 is 4.63. The van der Waals surface area contributed by atoms with Gasteiger partial charge in [0.15, 0.2) is 6.10 Å². The topological polar surface area (TPSA) is 49.8 Å². The monoisotopic (exact) mass is 327 g/mol. The van der Waals surface area contributed by atoms with E-state index in [9.17, 15) is 9.90 Å². The van der Waals surface area contributed by atoms with Gasteiger partial charge in [0.1, 0.15) is 0 Å². The molecule has 1 aliphatic heterocycles. The zero-order valence-electron chi connectivity index (χ0n) is 12.1. The number of aryl methyl sites for hydroxylation is 1. The molecule has 21 heavy (non-hydrogen) atoms. The van der Waals surface area contributed by atoms with E-state index in [4.69, 9.17) is 11.6 Å². The van der Waals surface area contributed by atoms with Gasteiger partial charge < -0.3 is 14.7 Å². The summed E-state index contributed by atoms with van der Waals surface area (Å²) in [6.45, 7) is 0.681. The van der Waals surface area contributed by atoms with Gasteiger partial charge in [-0.25, -0.2) is 4.79 Å². The molecule has 0 amide bonds. The Balaban J connectivity index is 2.08. The first-order chi connectivity index (χ1) is 10.0. The SMILES string of the molecule is COC(=O)C(O)C1=C(Cl)c2sc3c(c2CN1C)CCCC3. The van der Waals surface area contributed by atoms with Gasteiger partial charge in [0.25, 0.3) is 0 Å². The van der Waals surface area contributed by atoms with E-state index in [1.165, 1.54) is 36.0 Å². The average molecular weight is 328 g/mol. The molecule has 1 unspecified atom stereocenters. The normalized spacial score (nSPS) is 19.1. The van der Waals surface area contributed by atoms with Crippen LogP contribution in [-0.4, -0.2) is 36.2 Å². The Bertz CT molecular complexity index is 623. The third-order valence-corrected chi connectivity index (χ3v) is 6.04. The van der Waals surface area contributed by atoms with E-state index in [1.807, 2.05) is 11.9 Å². The van der Waals surface area contributed by atoms with Gasteiger partial charge in [-0.2, -0.15) is 0 Å². The minimum absolute atomic E-state index is 0.439. The third-order valence-electron chi connectivity index (χ3n) is 4.20. The largest absolute Gasteiger partial charge is 0.467 e. The fourth-order valence-corrected chi connectivity index (χ4v) is 4.96. The summed E-state index contributed by atoms with van der Waals surface area (Å²) in [5.41, 5.74) is 3.13. The zero-order valence-corrected chi connectivity index (χ0v) is 13.7. The van der Waals surface area contributed by atoms with Crippen molar-refractivity contribution in [2.24, 2.45) is 0 Å². The molecule has 1 aromatic heterocycles. The lowest BCUT2D eigenvalue weighted by molar-refractivity contribution is -0.149. The highest BCUT2D eigenvalue weighted by molar-refractivity contribution is 7.14. The van der Waals surface area contributed by atoms with Crippen molar-refractivity contribution in [3.05, 3.63) is 26.6 Å². The van der Waals surface area contributed by atoms with Crippen LogP contribution < -0.4 is 0 Å². The van der Waals surface area contributed by atoms with E-state index in [2.05, 4.69) is 4.74 Å². The molecule has 4 nitrogen and oxygen atoms in total. The molecule has 0 aromatic carbocycles. The Morgan fingerprint density at radius 3 is 2.81 bits per heavy atom. The predicted molar refractivity (Wildman–Crippen MR) is 83.2 cm³/mol. The number of nitrogens with zero attached hydrogens (tertiary/aromatic N) is 1. The second-order valence-corrected chi connectivity index (χ2v) is 6.98. The van der Waals surface area contributed by atoms with Gasteiger partial charge in [-0.05, 0) is 36.8 Å². The summed E-state index contributed by atoms with van der Waals surface area (Å²) in [7, 11) is 3.11.